The van der Waals surface area contributed by atoms with Crippen LogP contribution in [0.15, 0.2) is 47.6 Å². The molecule has 1 aromatic heterocycles. The van der Waals surface area contributed by atoms with Gasteiger partial charge in [-0.1, -0.05) is 12.1 Å². The van der Waals surface area contributed by atoms with E-state index in [0.29, 0.717) is 30.5 Å². The number of aromatic nitrogens is 1. The van der Waals surface area contributed by atoms with Crippen molar-refractivity contribution in [3.8, 4) is 5.88 Å². The summed E-state index contributed by atoms with van der Waals surface area (Å²) >= 11 is 0. The second kappa shape index (κ2) is 9.41. The van der Waals surface area contributed by atoms with Gasteiger partial charge in [0, 0.05) is 52.1 Å². The second-order valence-corrected chi connectivity index (χ2v) is 5.88. The van der Waals surface area contributed by atoms with Gasteiger partial charge in [0.05, 0.1) is 7.11 Å². The van der Waals surface area contributed by atoms with Crippen LogP contribution in [0.1, 0.15) is 21.5 Å². The third kappa shape index (κ3) is 5.47. The Morgan fingerprint density at radius 2 is 1.77 bits per heavy atom. The summed E-state index contributed by atoms with van der Waals surface area (Å²) in [6.45, 7) is 1.21. The van der Waals surface area contributed by atoms with E-state index < -0.39 is 0 Å². The third-order valence-electron chi connectivity index (χ3n) is 3.76. The van der Waals surface area contributed by atoms with Crippen LogP contribution >= 0.6 is 0 Å². The van der Waals surface area contributed by atoms with Gasteiger partial charge in [-0.2, -0.15) is 0 Å². The molecule has 1 aromatic carbocycles. The van der Waals surface area contributed by atoms with Crippen LogP contribution in [0.5, 0.6) is 5.88 Å². The highest BCUT2D eigenvalue weighted by molar-refractivity contribution is 5.93. The zero-order valence-corrected chi connectivity index (χ0v) is 15.6. The molecule has 2 aromatic rings. The largest absolute Gasteiger partial charge is 0.481 e. The maximum atomic E-state index is 11.9. The van der Waals surface area contributed by atoms with Crippen molar-refractivity contribution in [1.82, 2.24) is 20.5 Å². The average molecular weight is 355 g/mol. The molecule has 0 bridgehead atoms. The fraction of sp³-hybridized carbons (Fsp3) is 0.316. The lowest BCUT2D eigenvalue weighted by Crippen LogP contribution is -2.36. The number of aliphatic imine (C=N–C) groups is 1. The van der Waals surface area contributed by atoms with Crippen LogP contribution in [-0.4, -0.2) is 50.0 Å². The Labute approximate surface area is 154 Å². The van der Waals surface area contributed by atoms with Gasteiger partial charge in [-0.05, 0) is 29.3 Å². The monoisotopic (exact) mass is 355 g/mol. The SMILES string of the molecule is CN=C(NCc1ccc(C(=O)N(C)C)cc1)NCc1ccnc(OC)c1. The molecule has 138 valence electrons. The normalized spacial score (nSPS) is 11.0. The fourth-order valence-corrected chi connectivity index (χ4v) is 2.29. The molecule has 26 heavy (non-hydrogen) atoms. The molecule has 0 saturated heterocycles. The number of carbonyl (C=O) groups is 1. The third-order valence-corrected chi connectivity index (χ3v) is 3.76. The van der Waals surface area contributed by atoms with Gasteiger partial charge in [0.1, 0.15) is 0 Å². The lowest BCUT2D eigenvalue weighted by Gasteiger charge is -2.13. The van der Waals surface area contributed by atoms with E-state index in [-0.39, 0.29) is 5.91 Å². The quantitative estimate of drug-likeness (QED) is 0.609. The topological polar surface area (TPSA) is 78.9 Å². The van der Waals surface area contributed by atoms with Gasteiger partial charge in [0.2, 0.25) is 5.88 Å². The number of methoxy groups -OCH3 is 1. The summed E-state index contributed by atoms with van der Waals surface area (Å²) in [5.74, 6) is 1.27. The molecule has 1 heterocycles. The van der Waals surface area contributed by atoms with Crippen molar-refractivity contribution in [2.45, 2.75) is 13.1 Å². The summed E-state index contributed by atoms with van der Waals surface area (Å²) in [7, 11) is 6.80. The van der Waals surface area contributed by atoms with Crippen molar-refractivity contribution in [2.75, 3.05) is 28.3 Å². The molecule has 0 aliphatic heterocycles. The fourth-order valence-electron chi connectivity index (χ4n) is 2.29. The van der Waals surface area contributed by atoms with Crippen molar-refractivity contribution in [3.05, 3.63) is 59.3 Å². The van der Waals surface area contributed by atoms with E-state index in [1.165, 1.54) is 0 Å². The lowest BCUT2D eigenvalue weighted by molar-refractivity contribution is 0.0827. The molecule has 0 radical (unpaired) electrons. The second-order valence-electron chi connectivity index (χ2n) is 5.88. The van der Waals surface area contributed by atoms with E-state index in [0.717, 1.165) is 11.1 Å². The number of nitrogens with zero attached hydrogens (tertiary/aromatic N) is 3. The summed E-state index contributed by atoms with van der Waals surface area (Å²) < 4.78 is 5.12. The standard InChI is InChI=1S/C19H25N5O2/c1-20-19(23-13-15-9-10-21-17(11-15)26-4)22-12-14-5-7-16(8-6-14)18(25)24(2)3/h5-11H,12-13H2,1-4H3,(H2,20,22,23). The molecular weight excluding hydrogens is 330 g/mol. The molecule has 7 nitrogen and oxygen atoms in total. The van der Waals surface area contributed by atoms with Gasteiger partial charge in [-0.25, -0.2) is 4.98 Å². The van der Waals surface area contributed by atoms with Crippen molar-refractivity contribution in [3.63, 3.8) is 0 Å². The Balaban J connectivity index is 1.87. The molecule has 0 saturated carbocycles. The molecule has 2 rings (SSSR count). The predicted molar refractivity (Wildman–Crippen MR) is 102 cm³/mol. The summed E-state index contributed by atoms with van der Waals surface area (Å²) in [6.07, 6.45) is 1.71. The van der Waals surface area contributed by atoms with E-state index in [9.17, 15) is 4.79 Å². The van der Waals surface area contributed by atoms with E-state index >= 15 is 0 Å². The van der Waals surface area contributed by atoms with Crippen LogP contribution < -0.4 is 15.4 Å². The Morgan fingerprint density at radius 3 is 2.35 bits per heavy atom. The van der Waals surface area contributed by atoms with Crippen LogP contribution in [0.4, 0.5) is 0 Å². The van der Waals surface area contributed by atoms with Gasteiger partial charge < -0.3 is 20.3 Å². The van der Waals surface area contributed by atoms with E-state index in [4.69, 9.17) is 4.74 Å². The minimum atomic E-state index is -0.00485. The first-order valence-electron chi connectivity index (χ1n) is 8.27. The van der Waals surface area contributed by atoms with E-state index in [1.54, 1.807) is 39.3 Å². The van der Waals surface area contributed by atoms with E-state index in [2.05, 4.69) is 20.6 Å². The van der Waals surface area contributed by atoms with Gasteiger partial charge in [0.25, 0.3) is 5.91 Å². The van der Waals surface area contributed by atoms with Gasteiger partial charge in [-0.3, -0.25) is 9.79 Å². The molecule has 2 N–H and O–H groups in total. The van der Waals surface area contributed by atoms with Gasteiger partial charge >= 0.3 is 0 Å². The Kier molecular flexibility index (Phi) is 6.96. The first-order valence-corrected chi connectivity index (χ1v) is 8.27. The minimum absolute atomic E-state index is 0.00485. The number of nitrogens with one attached hydrogen (secondary N) is 2. The number of hydrogen-bond donors (Lipinski definition) is 2. The molecular formula is C19H25N5O2. The number of amides is 1. The molecule has 0 atom stereocenters. The van der Waals surface area contributed by atoms with Crippen LogP contribution in [0, 0.1) is 0 Å². The highest BCUT2D eigenvalue weighted by Gasteiger charge is 2.07. The highest BCUT2D eigenvalue weighted by Crippen LogP contribution is 2.08. The highest BCUT2D eigenvalue weighted by atomic mass is 16.5. The smallest absolute Gasteiger partial charge is 0.253 e. The number of benzene rings is 1. The van der Waals surface area contributed by atoms with Crippen molar-refractivity contribution in [2.24, 2.45) is 4.99 Å². The molecule has 0 fully saturated rings. The number of ether oxygens (including phenoxy) is 1. The average Bonchev–Trinajstić information content (AvgIpc) is 2.68. The van der Waals surface area contributed by atoms with E-state index in [1.807, 2.05) is 36.4 Å². The number of pyridine rings is 1. The molecule has 0 unspecified atom stereocenters. The zero-order valence-electron chi connectivity index (χ0n) is 15.6. The number of guanidine groups is 1. The molecule has 0 aliphatic rings. The minimum Gasteiger partial charge on any atom is -0.481 e. The maximum absolute atomic E-state index is 11.9. The first kappa shape index (κ1) is 19.2. The van der Waals surface area contributed by atoms with Gasteiger partial charge in [-0.15, -0.1) is 0 Å². The van der Waals surface area contributed by atoms with Crippen LogP contribution in [0.25, 0.3) is 0 Å². The number of rotatable bonds is 6. The Hall–Kier alpha value is -3.09. The van der Waals surface area contributed by atoms with Crippen LogP contribution in [0.2, 0.25) is 0 Å². The first-order chi connectivity index (χ1) is 12.5. The number of hydrogen-bond acceptors (Lipinski definition) is 4. The maximum Gasteiger partial charge on any atom is 0.253 e. The molecule has 0 spiro atoms. The summed E-state index contributed by atoms with van der Waals surface area (Å²) in [4.78, 5) is 21.8. The van der Waals surface area contributed by atoms with Crippen LogP contribution in [0.3, 0.4) is 0 Å². The molecule has 0 aliphatic carbocycles. The zero-order chi connectivity index (χ0) is 18.9. The van der Waals surface area contributed by atoms with Crippen molar-refractivity contribution in [1.29, 1.82) is 0 Å². The summed E-state index contributed by atoms with van der Waals surface area (Å²) in [5, 5.41) is 6.50. The summed E-state index contributed by atoms with van der Waals surface area (Å²) in [5.41, 5.74) is 2.79. The summed E-state index contributed by atoms with van der Waals surface area (Å²) in [6, 6.07) is 11.3. The van der Waals surface area contributed by atoms with Crippen LogP contribution in [-0.2, 0) is 13.1 Å². The van der Waals surface area contributed by atoms with Gasteiger partial charge in [0.15, 0.2) is 5.96 Å². The van der Waals surface area contributed by atoms with Crippen molar-refractivity contribution < 1.29 is 9.53 Å². The Bertz CT molecular complexity index is 757. The number of carbonyl (C=O) groups excluding carboxylic acids is 1. The Morgan fingerprint density at radius 1 is 1.12 bits per heavy atom. The molecule has 1 amide bonds. The molecule has 7 heteroatoms. The lowest BCUT2D eigenvalue weighted by atomic mass is 10.1. The predicted octanol–water partition coefficient (Wildman–Crippen LogP) is 1.66. The van der Waals surface area contributed by atoms with Crippen molar-refractivity contribution >= 4 is 11.9 Å².